The van der Waals surface area contributed by atoms with Gasteiger partial charge in [0.05, 0.1) is 48.5 Å². The number of amides is 1. The fourth-order valence-corrected chi connectivity index (χ4v) is 4.40. The maximum absolute atomic E-state index is 11.5. The third-order valence-electron chi connectivity index (χ3n) is 6.33. The molecule has 10 nitrogen and oxygen atoms in total. The number of hydrogen-bond acceptors (Lipinski definition) is 7. The molecule has 5 rings (SSSR count). The number of nitrogens with zero attached hydrogens (tertiary/aromatic N) is 7. The SMILES string of the molecule is C=CC(=O)Nc1ccc(N2CC=C(c3cc(-c4cnn(CCOC)c4)cn4ncc(C#N)c34)CC2)cn1. The maximum atomic E-state index is 11.5. The summed E-state index contributed by atoms with van der Waals surface area (Å²) in [5.74, 6) is 0.190. The number of nitrogens with one attached hydrogen (secondary N) is 1. The standard InChI is InChI=1S/C27H26N8O2/c1-3-26(36)32-25-5-4-23(16-29-25)33-8-6-19(7-9-33)24-12-20(18-35-27(24)21(13-28)14-31-35)22-15-30-34(17-22)10-11-37-2/h3-6,12,14-18H,1,7-11H2,2H3,(H,29,32,36). The first-order valence-electron chi connectivity index (χ1n) is 11.9. The van der Waals surface area contributed by atoms with Gasteiger partial charge in [-0.15, -0.1) is 0 Å². The van der Waals surface area contributed by atoms with Gasteiger partial charge in [-0.2, -0.15) is 15.5 Å². The lowest BCUT2D eigenvalue weighted by Crippen LogP contribution is -2.28. The molecule has 5 heterocycles. The van der Waals surface area contributed by atoms with Crippen molar-refractivity contribution < 1.29 is 9.53 Å². The molecule has 0 fully saturated rings. The zero-order chi connectivity index (χ0) is 25.8. The molecule has 37 heavy (non-hydrogen) atoms. The molecule has 1 amide bonds. The van der Waals surface area contributed by atoms with Crippen LogP contribution in [0.2, 0.25) is 0 Å². The molecule has 0 spiro atoms. The van der Waals surface area contributed by atoms with Gasteiger partial charge >= 0.3 is 0 Å². The van der Waals surface area contributed by atoms with Crippen molar-refractivity contribution in [3.05, 3.63) is 79.0 Å². The van der Waals surface area contributed by atoms with Crippen molar-refractivity contribution in [1.82, 2.24) is 24.4 Å². The number of aromatic nitrogens is 5. The second kappa shape index (κ2) is 10.5. The first kappa shape index (κ1) is 24.0. The zero-order valence-electron chi connectivity index (χ0n) is 20.5. The lowest BCUT2D eigenvalue weighted by molar-refractivity contribution is -0.111. The molecule has 0 radical (unpaired) electrons. The quantitative estimate of drug-likeness (QED) is 0.373. The number of nitriles is 1. The summed E-state index contributed by atoms with van der Waals surface area (Å²) in [4.78, 5) is 18.0. The fraction of sp³-hybridized carbons (Fsp3) is 0.222. The molecule has 0 aliphatic carbocycles. The highest BCUT2D eigenvalue weighted by molar-refractivity contribution is 5.98. The van der Waals surface area contributed by atoms with E-state index in [2.05, 4.69) is 50.2 Å². The number of carbonyl (C=O) groups is 1. The average molecular weight is 495 g/mol. The van der Waals surface area contributed by atoms with Gasteiger partial charge in [0.25, 0.3) is 0 Å². The van der Waals surface area contributed by atoms with E-state index in [4.69, 9.17) is 4.74 Å². The number of anilines is 2. The minimum Gasteiger partial charge on any atom is -0.383 e. The Bertz CT molecular complexity index is 1520. The predicted molar refractivity (Wildman–Crippen MR) is 141 cm³/mol. The Kier molecular flexibility index (Phi) is 6.78. The second-order valence-corrected chi connectivity index (χ2v) is 8.61. The number of rotatable bonds is 8. The molecule has 0 saturated heterocycles. The zero-order valence-corrected chi connectivity index (χ0v) is 20.5. The van der Waals surface area contributed by atoms with Crippen molar-refractivity contribution in [1.29, 1.82) is 5.26 Å². The van der Waals surface area contributed by atoms with Crippen LogP contribution in [0.3, 0.4) is 0 Å². The third kappa shape index (κ3) is 4.98. The number of carbonyl (C=O) groups excluding carboxylic acids is 1. The summed E-state index contributed by atoms with van der Waals surface area (Å²) < 4.78 is 8.79. The summed E-state index contributed by atoms with van der Waals surface area (Å²) in [6.07, 6.45) is 13.3. The molecule has 1 aliphatic rings. The van der Waals surface area contributed by atoms with Crippen molar-refractivity contribution >= 4 is 28.5 Å². The predicted octanol–water partition coefficient (Wildman–Crippen LogP) is 3.53. The van der Waals surface area contributed by atoms with Crippen LogP contribution < -0.4 is 10.2 Å². The summed E-state index contributed by atoms with van der Waals surface area (Å²) in [5, 5.41) is 21.3. The van der Waals surface area contributed by atoms with Crippen LogP contribution >= 0.6 is 0 Å². The molecule has 0 saturated carbocycles. The summed E-state index contributed by atoms with van der Waals surface area (Å²) in [6.45, 7) is 6.18. The van der Waals surface area contributed by atoms with Crippen molar-refractivity contribution in [3.63, 3.8) is 0 Å². The van der Waals surface area contributed by atoms with Crippen molar-refractivity contribution in [2.75, 3.05) is 37.0 Å². The minimum atomic E-state index is -0.293. The lowest BCUT2D eigenvalue weighted by atomic mass is 9.95. The summed E-state index contributed by atoms with van der Waals surface area (Å²) >= 11 is 0. The summed E-state index contributed by atoms with van der Waals surface area (Å²) in [5.41, 5.74) is 6.43. The maximum Gasteiger partial charge on any atom is 0.248 e. The van der Waals surface area contributed by atoms with E-state index in [1.54, 1.807) is 30.1 Å². The Morgan fingerprint density at radius 1 is 1.24 bits per heavy atom. The second-order valence-electron chi connectivity index (χ2n) is 8.61. The Labute approximate surface area is 214 Å². The largest absolute Gasteiger partial charge is 0.383 e. The molecule has 0 bridgehead atoms. The van der Waals surface area contributed by atoms with Crippen LogP contribution in [0.1, 0.15) is 17.5 Å². The Morgan fingerprint density at radius 3 is 2.84 bits per heavy atom. The molecule has 0 unspecified atom stereocenters. The van der Waals surface area contributed by atoms with Crippen LogP contribution in [0.4, 0.5) is 11.5 Å². The van der Waals surface area contributed by atoms with Gasteiger partial charge in [0.15, 0.2) is 0 Å². The van der Waals surface area contributed by atoms with E-state index in [9.17, 15) is 10.1 Å². The highest BCUT2D eigenvalue weighted by atomic mass is 16.5. The molecule has 1 aliphatic heterocycles. The van der Waals surface area contributed by atoms with Gasteiger partial charge in [0.2, 0.25) is 5.91 Å². The van der Waals surface area contributed by atoms with Gasteiger partial charge in [0, 0.05) is 49.3 Å². The van der Waals surface area contributed by atoms with Gasteiger partial charge < -0.3 is 15.0 Å². The molecule has 186 valence electrons. The topological polar surface area (TPSA) is 113 Å². The van der Waals surface area contributed by atoms with E-state index in [1.165, 1.54) is 6.08 Å². The highest BCUT2D eigenvalue weighted by Gasteiger charge is 2.20. The molecule has 0 aromatic carbocycles. The Hall–Kier alpha value is -4.75. The van der Waals surface area contributed by atoms with Crippen LogP contribution in [0.15, 0.2) is 67.9 Å². The average Bonchev–Trinajstić information content (AvgIpc) is 3.59. The van der Waals surface area contributed by atoms with Crippen LogP contribution in [0.5, 0.6) is 0 Å². The van der Waals surface area contributed by atoms with Gasteiger partial charge in [-0.25, -0.2) is 9.50 Å². The smallest absolute Gasteiger partial charge is 0.248 e. The highest BCUT2D eigenvalue weighted by Crippen LogP contribution is 2.33. The monoisotopic (exact) mass is 494 g/mol. The summed E-state index contributed by atoms with van der Waals surface area (Å²) in [7, 11) is 1.67. The molecule has 4 aromatic rings. The Morgan fingerprint density at radius 2 is 2.14 bits per heavy atom. The van der Waals surface area contributed by atoms with E-state index in [0.29, 0.717) is 31.1 Å². The third-order valence-corrected chi connectivity index (χ3v) is 6.33. The van der Waals surface area contributed by atoms with E-state index < -0.39 is 0 Å². The van der Waals surface area contributed by atoms with E-state index in [0.717, 1.165) is 46.4 Å². The molecule has 4 aromatic heterocycles. The first-order chi connectivity index (χ1) is 18.1. The van der Waals surface area contributed by atoms with Crippen molar-refractivity contribution in [3.8, 4) is 17.2 Å². The lowest BCUT2D eigenvalue weighted by Gasteiger charge is -2.28. The minimum absolute atomic E-state index is 0.293. The van der Waals surface area contributed by atoms with Gasteiger partial charge in [-0.3, -0.25) is 9.48 Å². The number of hydrogen-bond donors (Lipinski definition) is 1. The van der Waals surface area contributed by atoms with Gasteiger partial charge in [-0.05, 0) is 36.3 Å². The van der Waals surface area contributed by atoms with Gasteiger partial charge in [-0.1, -0.05) is 12.7 Å². The van der Waals surface area contributed by atoms with E-state index in [1.807, 2.05) is 29.3 Å². The number of pyridine rings is 2. The van der Waals surface area contributed by atoms with Crippen LogP contribution in [0, 0.1) is 11.3 Å². The van der Waals surface area contributed by atoms with Crippen LogP contribution in [0.25, 0.3) is 22.2 Å². The van der Waals surface area contributed by atoms with E-state index >= 15 is 0 Å². The molecular weight excluding hydrogens is 468 g/mol. The Balaban J connectivity index is 1.43. The normalized spacial score (nSPS) is 13.3. The van der Waals surface area contributed by atoms with Crippen molar-refractivity contribution in [2.45, 2.75) is 13.0 Å². The number of fused-ring (bicyclic) bond motifs is 1. The van der Waals surface area contributed by atoms with Crippen molar-refractivity contribution in [2.24, 2.45) is 0 Å². The number of methoxy groups -OCH3 is 1. The molecule has 10 heteroatoms. The number of ether oxygens (including phenoxy) is 1. The molecular formula is C27H26N8O2. The fourth-order valence-electron chi connectivity index (χ4n) is 4.40. The van der Waals surface area contributed by atoms with Crippen LogP contribution in [-0.2, 0) is 16.1 Å². The molecule has 0 atom stereocenters. The van der Waals surface area contributed by atoms with Crippen LogP contribution in [-0.4, -0.2) is 57.1 Å². The molecule has 1 N–H and O–H groups in total. The van der Waals surface area contributed by atoms with E-state index in [-0.39, 0.29) is 5.91 Å². The van der Waals surface area contributed by atoms with Gasteiger partial charge in [0.1, 0.15) is 11.9 Å². The summed E-state index contributed by atoms with van der Waals surface area (Å²) in [6, 6.07) is 8.12. The first-order valence-corrected chi connectivity index (χ1v) is 11.9.